The highest BCUT2D eigenvalue weighted by molar-refractivity contribution is 7.11. The lowest BCUT2D eigenvalue weighted by Gasteiger charge is -2.26. The van der Waals surface area contributed by atoms with Gasteiger partial charge in [-0.1, -0.05) is 30.7 Å². The highest BCUT2D eigenvalue weighted by atomic mass is 32.1. The monoisotopic (exact) mass is 258 g/mol. The Kier molecular flexibility index (Phi) is 3.18. The average molecular weight is 258 g/mol. The van der Waals surface area contributed by atoms with E-state index in [2.05, 4.69) is 29.2 Å². The van der Waals surface area contributed by atoms with Crippen LogP contribution in [0.2, 0.25) is 0 Å². The predicted octanol–water partition coefficient (Wildman–Crippen LogP) is 3.77. The van der Waals surface area contributed by atoms with Crippen LogP contribution in [0.25, 0.3) is 0 Å². The number of hydrogen-bond donors (Lipinski definition) is 1. The number of benzene rings is 1. The van der Waals surface area contributed by atoms with E-state index in [1.54, 1.807) is 11.3 Å². The Morgan fingerprint density at radius 1 is 1.28 bits per heavy atom. The van der Waals surface area contributed by atoms with Crippen molar-refractivity contribution in [3.63, 3.8) is 0 Å². The first-order chi connectivity index (χ1) is 8.74. The molecule has 18 heavy (non-hydrogen) atoms. The van der Waals surface area contributed by atoms with Crippen molar-refractivity contribution >= 4 is 11.3 Å². The van der Waals surface area contributed by atoms with Crippen LogP contribution >= 0.6 is 11.3 Å². The molecular formula is C15H18N2S. The summed E-state index contributed by atoms with van der Waals surface area (Å²) in [5.74, 6) is 0.793. The Morgan fingerprint density at radius 3 is 2.50 bits per heavy atom. The van der Waals surface area contributed by atoms with Crippen LogP contribution < -0.4 is 5.73 Å². The van der Waals surface area contributed by atoms with Crippen molar-refractivity contribution in [3.8, 4) is 0 Å². The molecular weight excluding hydrogens is 240 g/mol. The first-order valence-corrected chi connectivity index (χ1v) is 7.33. The normalized spacial score (nSPS) is 17.4. The molecule has 1 fully saturated rings. The van der Waals surface area contributed by atoms with E-state index in [9.17, 15) is 0 Å². The molecule has 0 aliphatic heterocycles. The van der Waals surface area contributed by atoms with Crippen LogP contribution in [0.15, 0.2) is 30.5 Å². The van der Waals surface area contributed by atoms with Crippen molar-refractivity contribution in [1.82, 2.24) is 4.98 Å². The molecule has 0 radical (unpaired) electrons. The molecule has 0 bridgehead atoms. The highest BCUT2D eigenvalue weighted by Gasteiger charge is 2.19. The maximum atomic E-state index is 6.27. The summed E-state index contributed by atoms with van der Waals surface area (Å²) in [6.07, 6.45) is 5.97. The summed E-state index contributed by atoms with van der Waals surface area (Å²) in [5, 5.41) is 1.08. The van der Waals surface area contributed by atoms with Crippen molar-refractivity contribution < 1.29 is 0 Å². The highest BCUT2D eigenvalue weighted by Crippen LogP contribution is 2.36. The molecule has 1 atom stereocenters. The van der Waals surface area contributed by atoms with Gasteiger partial charge in [0.2, 0.25) is 0 Å². The van der Waals surface area contributed by atoms with Crippen LogP contribution in [0, 0.1) is 6.92 Å². The Balaban J connectivity index is 1.79. The van der Waals surface area contributed by atoms with Crippen molar-refractivity contribution in [1.29, 1.82) is 0 Å². The number of aryl methyl sites for hydroxylation is 1. The number of thiazole rings is 1. The largest absolute Gasteiger partial charge is 0.320 e. The van der Waals surface area contributed by atoms with Crippen molar-refractivity contribution in [2.45, 2.75) is 38.1 Å². The van der Waals surface area contributed by atoms with Gasteiger partial charge < -0.3 is 5.73 Å². The van der Waals surface area contributed by atoms with E-state index in [4.69, 9.17) is 5.73 Å². The molecule has 1 aromatic carbocycles. The van der Waals surface area contributed by atoms with Gasteiger partial charge in [-0.2, -0.15) is 0 Å². The van der Waals surface area contributed by atoms with Crippen molar-refractivity contribution in [2.75, 3.05) is 0 Å². The average Bonchev–Trinajstić information content (AvgIpc) is 2.74. The standard InChI is InChI=1S/C15H18N2S/c1-10-17-9-14(18-10)15(16)13-7-5-12(6-8-13)11-3-2-4-11/h5-9,11,15H,2-4,16H2,1H3. The van der Waals surface area contributed by atoms with Gasteiger partial charge in [0.05, 0.1) is 11.0 Å². The predicted molar refractivity (Wildman–Crippen MR) is 75.9 cm³/mol. The van der Waals surface area contributed by atoms with E-state index in [1.807, 2.05) is 13.1 Å². The van der Waals surface area contributed by atoms with Crippen LogP contribution in [0.3, 0.4) is 0 Å². The lowest BCUT2D eigenvalue weighted by molar-refractivity contribution is 0.419. The number of aromatic nitrogens is 1. The molecule has 1 saturated carbocycles. The van der Waals surface area contributed by atoms with Gasteiger partial charge in [-0.25, -0.2) is 4.98 Å². The quantitative estimate of drug-likeness (QED) is 0.910. The lowest BCUT2D eigenvalue weighted by atomic mass is 9.80. The van der Waals surface area contributed by atoms with Crippen LogP contribution in [0.1, 0.15) is 52.2 Å². The van der Waals surface area contributed by atoms with Crippen molar-refractivity contribution in [2.24, 2.45) is 5.73 Å². The fraction of sp³-hybridized carbons (Fsp3) is 0.400. The minimum atomic E-state index is -0.0355. The maximum Gasteiger partial charge on any atom is 0.0897 e. The number of nitrogens with two attached hydrogens (primary N) is 1. The molecule has 1 aliphatic rings. The van der Waals surface area contributed by atoms with Crippen LogP contribution in [-0.4, -0.2) is 4.98 Å². The third kappa shape index (κ3) is 2.20. The SMILES string of the molecule is Cc1ncc(C(N)c2ccc(C3CCC3)cc2)s1. The van der Waals surface area contributed by atoms with Crippen LogP contribution in [0.4, 0.5) is 0 Å². The van der Waals surface area contributed by atoms with E-state index in [0.29, 0.717) is 0 Å². The van der Waals surface area contributed by atoms with E-state index in [1.165, 1.54) is 30.4 Å². The van der Waals surface area contributed by atoms with Gasteiger partial charge in [-0.3, -0.25) is 0 Å². The molecule has 2 aromatic rings. The zero-order valence-corrected chi connectivity index (χ0v) is 11.4. The summed E-state index contributed by atoms with van der Waals surface area (Å²) in [6.45, 7) is 2.01. The first kappa shape index (κ1) is 11.9. The Morgan fingerprint density at radius 2 is 2.00 bits per heavy atom. The fourth-order valence-electron chi connectivity index (χ4n) is 2.40. The summed E-state index contributed by atoms with van der Waals surface area (Å²) < 4.78 is 0. The van der Waals surface area contributed by atoms with Crippen LogP contribution in [0.5, 0.6) is 0 Å². The fourth-order valence-corrected chi connectivity index (χ4v) is 3.22. The van der Waals surface area contributed by atoms with Crippen molar-refractivity contribution in [3.05, 3.63) is 51.5 Å². The van der Waals surface area contributed by atoms with E-state index in [-0.39, 0.29) is 6.04 Å². The number of nitrogens with zero attached hydrogens (tertiary/aromatic N) is 1. The lowest BCUT2D eigenvalue weighted by Crippen LogP contribution is -2.12. The van der Waals surface area contributed by atoms with Gasteiger partial charge in [-0.05, 0) is 36.8 Å². The maximum absolute atomic E-state index is 6.27. The van der Waals surface area contributed by atoms with E-state index in [0.717, 1.165) is 15.8 Å². The zero-order valence-electron chi connectivity index (χ0n) is 10.6. The molecule has 3 heteroatoms. The summed E-state index contributed by atoms with van der Waals surface area (Å²) in [4.78, 5) is 5.41. The van der Waals surface area contributed by atoms with E-state index < -0.39 is 0 Å². The summed E-state index contributed by atoms with van der Waals surface area (Å²) in [5.41, 5.74) is 8.92. The second-order valence-corrected chi connectivity index (χ2v) is 6.32. The Hall–Kier alpha value is -1.19. The van der Waals surface area contributed by atoms with Crippen LogP contribution in [-0.2, 0) is 0 Å². The smallest absolute Gasteiger partial charge is 0.0897 e. The molecule has 2 nitrogen and oxygen atoms in total. The molecule has 1 heterocycles. The first-order valence-electron chi connectivity index (χ1n) is 6.52. The van der Waals surface area contributed by atoms with Gasteiger partial charge in [0.15, 0.2) is 0 Å². The Labute approximate surface area is 112 Å². The molecule has 0 amide bonds. The zero-order chi connectivity index (χ0) is 12.5. The second-order valence-electron chi connectivity index (χ2n) is 5.05. The number of rotatable bonds is 3. The molecule has 0 saturated heterocycles. The Bertz CT molecular complexity index is 526. The molecule has 0 spiro atoms. The van der Waals surface area contributed by atoms with E-state index >= 15 is 0 Å². The summed E-state index contributed by atoms with van der Waals surface area (Å²) in [6, 6.07) is 8.80. The minimum Gasteiger partial charge on any atom is -0.320 e. The topological polar surface area (TPSA) is 38.9 Å². The molecule has 94 valence electrons. The van der Waals surface area contributed by atoms with Gasteiger partial charge in [-0.15, -0.1) is 11.3 Å². The third-order valence-corrected chi connectivity index (χ3v) is 4.81. The molecule has 1 aromatic heterocycles. The molecule has 1 aliphatic carbocycles. The second kappa shape index (κ2) is 4.82. The van der Waals surface area contributed by atoms with Gasteiger partial charge in [0.1, 0.15) is 0 Å². The molecule has 1 unspecified atom stereocenters. The molecule has 2 N–H and O–H groups in total. The van der Waals surface area contributed by atoms with Gasteiger partial charge in [0, 0.05) is 11.1 Å². The molecule has 3 rings (SSSR count). The van der Waals surface area contributed by atoms with Gasteiger partial charge >= 0.3 is 0 Å². The summed E-state index contributed by atoms with van der Waals surface area (Å²) in [7, 11) is 0. The minimum absolute atomic E-state index is 0.0355. The number of hydrogen-bond acceptors (Lipinski definition) is 3. The summed E-state index contributed by atoms with van der Waals surface area (Å²) >= 11 is 1.68. The third-order valence-electron chi connectivity index (χ3n) is 3.82. The van der Waals surface area contributed by atoms with Gasteiger partial charge in [0.25, 0.3) is 0 Å².